The summed E-state index contributed by atoms with van der Waals surface area (Å²) in [5.74, 6) is 0. The average molecular weight is 399 g/mol. The Balaban J connectivity index is 1.91. The molecular weight excluding hydrogens is 382 g/mol. The van der Waals surface area contributed by atoms with Gasteiger partial charge < -0.3 is 14.7 Å². The summed E-state index contributed by atoms with van der Waals surface area (Å²) < 4.78 is 32.7. The van der Waals surface area contributed by atoms with Gasteiger partial charge in [-0.15, -0.1) is 0 Å². The molecule has 1 aromatic heterocycles. The Hall–Kier alpha value is -2.61. The molecule has 2 aromatic rings. The normalized spacial score (nSPS) is 15.9. The van der Waals surface area contributed by atoms with E-state index in [-0.39, 0.29) is 17.6 Å². The highest BCUT2D eigenvalue weighted by Gasteiger charge is 2.27. The lowest BCUT2D eigenvalue weighted by Gasteiger charge is -2.26. The maximum Gasteiger partial charge on any atom is 0.314 e. The molecule has 12 nitrogen and oxygen atoms in total. The van der Waals surface area contributed by atoms with E-state index in [1.807, 2.05) is 4.90 Å². The van der Waals surface area contributed by atoms with Crippen LogP contribution in [0.5, 0.6) is 0 Å². The molecule has 0 aliphatic carbocycles. The number of nitrogens with zero attached hydrogens (tertiary/aromatic N) is 2. The number of rotatable bonds is 6. The minimum absolute atomic E-state index is 0.0289. The molecule has 3 rings (SSSR count). The highest BCUT2D eigenvalue weighted by atomic mass is 32.2. The molecular formula is C14H17N5O7S. The van der Waals surface area contributed by atoms with Gasteiger partial charge in [-0.3, -0.25) is 24.6 Å². The number of nitro groups is 1. The van der Waals surface area contributed by atoms with Gasteiger partial charge >= 0.3 is 11.1 Å². The molecule has 1 aromatic carbocycles. The topological polar surface area (TPSA) is 167 Å². The van der Waals surface area contributed by atoms with Gasteiger partial charge in [0.1, 0.15) is 0 Å². The Bertz CT molecular complexity index is 1090. The molecule has 0 bridgehead atoms. The van der Waals surface area contributed by atoms with Crippen molar-refractivity contribution in [2.75, 3.05) is 39.4 Å². The van der Waals surface area contributed by atoms with Crippen molar-refractivity contribution in [3.8, 4) is 0 Å². The van der Waals surface area contributed by atoms with Crippen molar-refractivity contribution in [1.82, 2.24) is 19.6 Å². The summed E-state index contributed by atoms with van der Waals surface area (Å²) in [5, 5.41) is 11.3. The third-order valence-electron chi connectivity index (χ3n) is 4.11. The molecule has 1 fully saturated rings. The van der Waals surface area contributed by atoms with Gasteiger partial charge in [0.15, 0.2) is 4.90 Å². The van der Waals surface area contributed by atoms with Crippen molar-refractivity contribution in [2.24, 2.45) is 0 Å². The molecule has 27 heavy (non-hydrogen) atoms. The number of benzene rings is 1. The lowest BCUT2D eigenvalue weighted by molar-refractivity contribution is -0.387. The largest absolute Gasteiger partial charge is 0.379 e. The van der Waals surface area contributed by atoms with Gasteiger partial charge in [0, 0.05) is 32.2 Å². The van der Waals surface area contributed by atoms with Gasteiger partial charge in [-0.2, -0.15) is 0 Å². The van der Waals surface area contributed by atoms with Crippen molar-refractivity contribution in [1.29, 1.82) is 0 Å². The summed E-state index contributed by atoms with van der Waals surface area (Å²) in [6, 6.07) is 1.87. The number of ether oxygens (including phenoxy) is 1. The summed E-state index contributed by atoms with van der Waals surface area (Å²) in [7, 11) is -4.21. The van der Waals surface area contributed by atoms with Crippen LogP contribution in [0.3, 0.4) is 0 Å². The molecule has 146 valence electrons. The van der Waals surface area contributed by atoms with E-state index in [9.17, 15) is 28.1 Å². The number of H-pyrrole nitrogens is 2. The van der Waals surface area contributed by atoms with Gasteiger partial charge in [0.05, 0.1) is 29.2 Å². The summed E-state index contributed by atoms with van der Waals surface area (Å²) in [5.41, 5.74) is -2.75. The van der Waals surface area contributed by atoms with E-state index in [4.69, 9.17) is 4.74 Å². The number of nitrogens with one attached hydrogen (secondary N) is 3. The molecule has 1 saturated heterocycles. The van der Waals surface area contributed by atoms with Gasteiger partial charge in [-0.1, -0.05) is 0 Å². The predicted molar refractivity (Wildman–Crippen MR) is 94.3 cm³/mol. The van der Waals surface area contributed by atoms with E-state index in [0.29, 0.717) is 32.8 Å². The summed E-state index contributed by atoms with van der Waals surface area (Å²) in [6.07, 6.45) is 0. The summed E-state index contributed by atoms with van der Waals surface area (Å²) in [4.78, 5) is 39.1. The van der Waals surface area contributed by atoms with Crippen molar-refractivity contribution >= 4 is 26.7 Å². The SMILES string of the molecule is O=c1[nH]c2cc([N+](=O)[O-])c(S(=O)(=O)NCCN3CCOCC3)cc2[nH]c1=O. The van der Waals surface area contributed by atoms with Crippen LogP contribution in [0.1, 0.15) is 0 Å². The number of hydrogen-bond donors (Lipinski definition) is 3. The maximum atomic E-state index is 12.6. The number of fused-ring (bicyclic) bond motifs is 1. The van der Waals surface area contributed by atoms with Crippen LogP contribution >= 0.6 is 0 Å². The van der Waals surface area contributed by atoms with Gasteiger partial charge in [0.25, 0.3) is 5.69 Å². The zero-order valence-electron chi connectivity index (χ0n) is 14.1. The Morgan fingerprint density at radius 1 is 1.15 bits per heavy atom. The zero-order valence-corrected chi connectivity index (χ0v) is 14.9. The second-order valence-electron chi connectivity index (χ2n) is 5.88. The zero-order chi connectivity index (χ0) is 19.6. The molecule has 0 amide bonds. The fourth-order valence-corrected chi connectivity index (χ4v) is 3.93. The Morgan fingerprint density at radius 2 is 1.74 bits per heavy atom. The molecule has 2 heterocycles. The molecule has 1 aliphatic heterocycles. The second kappa shape index (κ2) is 7.56. The minimum Gasteiger partial charge on any atom is -0.379 e. The van der Waals surface area contributed by atoms with Crippen LogP contribution in [0.15, 0.2) is 26.6 Å². The lowest BCUT2D eigenvalue weighted by Crippen LogP contribution is -2.41. The monoisotopic (exact) mass is 399 g/mol. The van der Waals surface area contributed by atoms with Gasteiger partial charge in [-0.25, -0.2) is 13.1 Å². The predicted octanol–water partition coefficient (Wildman–Crippen LogP) is -1.26. The van der Waals surface area contributed by atoms with Crippen LogP contribution in [0, 0.1) is 10.1 Å². The Morgan fingerprint density at radius 3 is 2.33 bits per heavy atom. The molecule has 0 saturated carbocycles. The molecule has 1 aliphatic rings. The minimum atomic E-state index is -4.21. The Labute approximate surface area is 152 Å². The van der Waals surface area contributed by atoms with Crippen molar-refractivity contribution in [2.45, 2.75) is 4.90 Å². The molecule has 0 spiro atoms. The fourth-order valence-electron chi connectivity index (χ4n) is 2.73. The summed E-state index contributed by atoms with van der Waals surface area (Å²) in [6.45, 7) is 2.95. The highest BCUT2D eigenvalue weighted by Crippen LogP contribution is 2.27. The van der Waals surface area contributed by atoms with E-state index in [0.717, 1.165) is 12.1 Å². The molecule has 0 unspecified atom stereocenters. The van der Waals surface area contributed by atoms with Gasteiger partial charge in [-0.05, 0) is 6.07 Å². The molecule has 0 atom stereocenters. The summed E-state index contributed by atoms with van der Waals surface area (Å²) >= 11 is 0. The van der Waals surface area contributed by atoms with E-state index >= 15 is 0 Å². The van der Waals surface area contributed by atoms with Crippen LogP contribution in [0.25, 0.3) is 11.0 Å². The fraction of sp³-hybridized carbons (Fsp3) is 0.429. The molecule has 3 N–H and O–H groups in total. The third-order valence-corrected chi connectivity index (χ3v) is 5.60. The third kappa shape index (κ3) is 4.21. The Kier molecular flexibility index (Phi) is 5.36. The number of aromatic nitrogens is 2. The van der Waals surface area contributed by atoms with E-state index in [2.05, 4.69) is 14.7 Å². The molecule has 13 heteroatoms. The first-order valence-electron chi connectivity index (χ1n) is 8.02. The number of hydrogen-bond acceptors (Lipinski definition) is 8. The number of morpholine rings is 1. The van der Waals surface area contributed by atoms with Crippen LogP contribution in [0.2, 0.25) is 0 Å². The van der Waals surface area contributed by atoms with Crippen LogP contribution < -0.4 is 15.8 Å². The van der Waals surface area contributed by atoms with E-state index < -0.39 is 36.6 Å². The standard InChI is InChI=1S/C14H17N5O7S/c20-13-14(21)17-10-8-12(11(19(22)23)7-9(10)16-13)27(24,25)15-1-2-18-3-5-26-6-4-18/h7-8,15H,1-6H2,(H,16,20)(H,17,21). The van der Waals surface area contributed by atoms with Crippen molar-refractivity contribution in [3.63, 3.8) is 0 Å². The lowest BCUT2D eigenvalue weighted by atomic mass is 10.2. The number of aromatic amines is 2. The average Bonchev–Trinajstić information content (AvgIpc) is 2.62. The van der Waals surface area contributed by atoms with Crippen molar-refractivity contribution < 1.29 is 18.1 Å². The smallest absolute Gasteiger partial charge is 0.314 e. The van der Waals surface area contributed by atoms with Gasteiger partial charge in [0.2, 0.25) is 10.0 Å². The molecule has 0 radical (unpaired) electrons. The van der Waals surface area contributed by atoms with Crippen LogP contribution in [0.4, 0.5) is 5.69 Å². The number of nitro benzene ring substituents is 1. The maximum absolute atomic E-state index is 12.6. The highest BCUT2D eigenvalue weighted by molar-refractivity contribution is 7.89. The van der Waals surface area contributed by atoms with Crippen LogP contribution in [-0.2, 0) is 14.8 Å². The quantitative estimate of drug-likeness (QED) is 0.307. The first-order chi connectivity index (χ1) is 12.8. The van der Waals surface area contributed by atoms with Crippen LogP contribution in [-0.4, -0.2) is 67.6 Å². The van der Waals surface area contributed by atoms with E-state index in [1.165, 1.54) is 0 Å². The van der Waals surface area contributed by atoms with Crippen molar-refractivity contribution in [3.05, 3.63) is 43.0 Å². The first-order valence-corrected chi connectivity index (χ1v) is 9.51. The second-order valence-corrected chi connectivity index (χ2v) is 7.62. The van der Waals surface area contributed by atoms with E-state index in [1.54, 1.807) is 0 Å². The number of sulfonamides is 1. The first kappa shape index (κ1) is 19.2.